The van der Waals surface area contributed by atoms with Gasteiger partial charge in [0.1, 0.15) is 24.4 Å². The van der Waals surface area contributed by atoms with Crippen LogP contribution < -0.4 is 5.32 Å². The number of amides is 2. The molecule has 5 atom stereocenters. The van der Waals surface area contributed by atoms with E-state index >= 15 is 0 Å². The first kappa shape index (κ1) is 19.5. The minimum Gasteiger partial charge on any atom is -0.388 e. The fourth-order valence-electron chi connectivity index (χ4n) is 2.78. The summed E-state index contributed by atoms with van der Waals surface area (Å²) in [5, 5.41) is 12.9. The first-order valence-corrected chi connectivity index (χ1v) is 8.83. The van der Waals surface area contributed by atoms with Crippen molar-refractivity contribution in [3.8, 4) is 0 Å². The molecule has 2 heterocycles. The van der Waals surface area contributed by atoms with E-state index in [0.717, 1.165) is 0 Å². The Morgan fingerprint density at radius 1 is 1.29 bits per heavy atom. The van der Waals surface area contributed by atoms with E-state index in [1.165, 1.54) is 6.08 Å². The van der Waals surface area contributed by atoms with Crippen molar-refractivity contribution in [3.63, 3.8) is 0 Å². The molecule has 8 heteroatoms. The van der Waals surface area contributed by atoms with Crippen molar-refractivity contribution in [1.29, 1.82) is 0 Å². The number of carbonyl (C=O) groups is 2. The first-order valence-electron chi connectivity index (χ1n) is 8.03. The number of ether oxygens (including phenoxy) is 3. The van der Waals surface area contributed by atoms with Crippen molar-refractivity contribution in [2.75, 3.05) is 6.61 Å². The van der Waals surface area contributed by atoms with E-state index in [2.05, 4.69) is 21.2 Å². The number of halogens is 1. The normalized spacial score (nSPS) is 34.0. The van der Waals surface area contributed by atoms with Crippen LogP contribution in [0.15, 0.2) is 10.6 Å². The SMILES string of the molecule is CC(C)OC[C@H]1O[C@H](C2C=C(Br)C(=O)NC2=O)[C@@H](O)C1OC(C)C. The van der Waals surface area contributed by atoms with E-state index in [1.54, 1.807) is 0 Å². The van der Waals surface area contributed by atoms with Crippen LogP contribution in [0.3, 0.4) is 0 Å². The van der Waals surface area contributed by atoms with Gasteiger partial charge in [-0.3, -0.25) is 14.9 Å². The fourth-order valence-corrected chi connectivity index (χ4v) is 3.16. The van der Waals surface area contributed by atoms with Crippen molar-refractivity contribution in [2.24, 2.45) is 5.92 Å². The number of hydrogen-bond acceptors (Lipinski definition) is 6. The molecule has 0 aromatic carbocycles. The number of carbonyl (C=O) groups excluding carboxylic acids is 2. The van der Waals surface area contributed by atoms with Gasteiger partial charge >= 0.3 is 0 Å². The lowest BCUT2D eigenvalue weighted by Crippen LogP contribution is -2.47. The number of hydrogen-bond donors (Lipinski definition) is 2. The first-order chi connectivity index (χ1) is 11.2. The second-order valence-corrected chi connectivity index (χ2v) is 7.37. The fraction of sp³-hybridized carbons (Fsp3) is 0.750. The number of aliphatic hydroxyl groups is 1. The van der Waals surface area contributed by atoms with Gasteiger partial charge in [0.15, 0.2) is 0 Å². The lowest BCUT2D eigenvalue weighted by atomic mass is 9.93. The summed E-state index contributed by atoms with van der Waals surface area (Å²) in [5.41, 5.74) is 0. The molecule has 2 rings (SSSR count). The minimum atomic E-state index is -1.01. The Kier molecular flexibility index (Phi) is 6.55. The van der Waals surface area contributed by atoms with E-state index in [0.29, 0.717) is 0 Å². The molecule has 2 amide bonds. The summed E-state index contributed by atoms with van der Waals surface area (Å²) in [7, 11) is 0. The molecule has 2 N–H and O–H groups in total. The molecule has 2 aliphatic rings. The molecular weight excluding hydrogens is 382 g/mol. The zero-order chi connectivity index (χ0) is 18.0. The predicted octanol–water partition coefficient (Wildman–Crippen LogP) is 0.885. The molecule has 0 radical (unpaired) electrons. The Labute approximate surface area is 149 Å². The molecule has 0 aromatic heterocycles. The van der Waals surface area contributed by atoms with Crippen LogP contribution >= 0.6 is 15.9 Å². The van der Waals surface area contributed by atoms with Gasteiger partial charge < -0.3 is 19.3 Å². The lowest BCUT2D eigenvalue weighted by molar-refractivity contribution is -0.136. The van der Waals surface area contributed by atoms with E-state index < -0.39 is 42.1 Å². The highest BCUT2D eigenvalue weighted by molar-refractivity contribution is 9.12. The van der Waals surface area contributed by atoms with Gasteiger partial charge in [0.05, 0.1) is 29.2 Å². The summed E-state index contributed by atoms with van der Waals surface area (Å²) in [6, 6.07) is 0. The summed E-state index contributed by atoms with van der Waals surface area (Å²) >= 11 is 3.11. The smallest absolute Gasteiger partial charge is 0.264 e. The highest BCUT2D eigenvalue weighted by atomic mass is 79.9. The van der Waals surface area contributed by atoms with Crippen molar-refractivity contribution >= 4 is 27.7 Å². The third-order valence-electron chi connectivity index (χ3n) is 3.83. The minimum absolute atomic E-state index is 0.00846. The maximum Gasteiger partial charge on any atom is 0.264 e. The zero-order valence-electron chi connectivity index (χ0n) is 14.2. The van der Waals surface area contributed by atoms with Crippen LogP contribution in [0.2, 0.25) is 0 Å². The molecule has 0 spiro atoms. The van der Waals surface area contributed by atoms with Crippen molar-refractivity contribution < 1.29 is 28.9 Å². The largest absolute Gasteiger partial charge is 0.388 e. The number of nitrogens with one attached hydrogen (secondary N) is 1. The maximum absolute atomic E-state index is 12.1. The third kappa shape index (κ3) is 4.43. The molecule has 0 bridgehead atoms. The van der Waals surface area contributed by atoms with Gasteiger partial charge in [-0.2, -0.15) is 0 Å². The summed E-state index contributed by atoms with van der Waals surface area (Å²) in [6.45, 7) is 7.79. The predicted molar refractivity (Wildman–Crippen MR) is 89.4 cm³/mol. The Morgan fingerprint density at radius 3 is 2.54 bits per heavy atom. The molecule has 0 saturated carbocycles. The van der Waals surface area contributed by atoms with Gasteiger partial charge in [-0.05, 0) is 49.7 Å². The summed E-state index contributed by atoms with van der Waals surface area (Å²) < 4.78 is 17.5. The Balaban J connectivity index is 2.18. The molecule has 2 aliphatic heterocycles. The van der Waals surface area contributed by atoms with Gasteiger partial charge in [0, 0.05) is 0 Å². The monoisotopic (exact) mass is 405 g/mol. The molecule has 2 unspecified atom stereocenters. The molecular formula is C16H24BrNO6. The standard InChI is InChI=1S/C16H24BrNO6/c1-7(2)22-6-11-14(23-8(3)4)12(19)13(24-11)9-5-10(17)16(21)18-15(9)20/h5,7-9,11-14,19H,6H2,1-4H3,(H,18,20,21)/t9?,11-,12-,13-,14?/m1/s1. The number of aliphatic hydroxyl groups excluding tert-OH is 1. The second kappa shape index (κ2) is 8.05. The summed E-state index contributed by atoms with van der Waals surface area (Å²) in [4.78, 5) is 23.6. The van der Waals surface area contributed by atoms with Crippen molar-refractivity contribution in [3.05, 3.63) is 10.6 Å². The van der Waals surface area contributed by atoms with Crippen LogP contribution in [-0.4, -0.2) is 60.2 Å². The highest BCUT2D eigenvalue weighted by Crippen LogP contribution is 2.33. The zero-order valence-corrected chi connectivity index (χ0v) is 15.8. The lowest BCUT2D eigenvalue weighted by Gasteiger charge is -2.26. The summed E-state index contributed by atoms with van der Waals surface area (Å²) in [6.07, 6.45) is -1.55. The number of imide groups is 1. The van der Waals surface area contributed by atoms with Crippen molar-refractivity contribution in [1.82, 2.24) is 5.32 Å². The topological polar surface area (TPSA) is 94.1 Å². The molecule has 24 heavy (non-hydrogen) atoms. The van der Waals surface area contributed by atoms with Crippen molar-refractivity contribution in [2.45, 2.75) is 64.3 Å². The Hall–Kier alpha value is -0.800. The molecule has 0 aliphatic carbocycles. The Morgan fingerprint density at radius 2 is 1.96 bits per heavy atom. The van der Waals surface area contributed by atoms with Gasteiger partial charge in [0.25, 0.3) is 5.91 Å². The maximum atomic E-state index is 12.1. The molecule has 1 saturated heterocycles. The summed E-state index contributed by atoms with van der Waals surface area (Å²) in [5.74, 6) is -1.78. The van der Waals surface area contributed by atoms with Crippen LogP contribution in [0.4, 0.5) is 0 Å². The quantitative estimate of drug-likeness (QED) is 0.637. The third-order valence-corrected chi connectivity index (χ3v) is 4.46. The van der Waals surface area contributed by atoms with Crippen LogP contribution in [0, 0.1) is 5.92 Å². The number of rotatable bonds is 6. The molecule has 1 fully saturated rings. The highest BCUT2D eigenvalue weighted by Gasteiger charge is 2.50. The average Bonchev–Trinajstić information content (AvgIpc) is 2.77. The molecule has 7 nitrogen and oxygen atoms in total. The van der Waals surface area contributed by atoms with E-state index in [9.17, 15) is 14.7 Å². The molecule has 136 valence electrons. The van der Waals surface area contributed by atoms with Crippen LogP contribution in [0.5, 0.6) is 0 Å². The molecule has 0 aromatic rings. The van der Waals surface area contributed by atoms with Crippen LogP contribution in [0.25, 0.3) is 0 Å². The van der Waals surface area contributed by atoms with Gasteiger partial charge in [0.2, 0.25) is 5.91 Å². The van der Waals surface area contributed by atoms with Crippen LogP contribution in [0.1, 0.15) is 27.7 Å². The Bertz CT molecular complexity index is 521. The van der Waals surface area contributed by atoms with E-state index in [4.69, 9.17) is 14.2 Å². The van der Waals surface area contributed by atoms with Gasteiger partial charge in [-0.25, -0.2) is 0 Å². The van der Waals surface area contributed by atoms with Crippen LogP contribution in [-0.2, 0) is 23.8 Å². The van der Waals surface area contributed by atoms with E-state index in [1.807, 2.05) is 27.7 Å². The second-order valence-electron chi connectivity index (χ2n) is 6.52. The average molecular weight is 406 g/mol. The van der Waals surface area contributed by atoms with Gasteiger partial charge in [-0.1, -0.05) is 0 Å². The van der Waals surface area contributed by atoms with E-state index in [-0.39, 0.29) is 23.3 Å². The van der Waals surface area contributed by atoms with Gasteiger partial charge in [-0.15, -0.1) is 0 Å².